The van der Waals surface area contributed by atoms with Crippen LogP contribution < -0.4 is 0 Å². The molecule has 0 aromatic carbocycles. The molecule has 8 atom stereocenters. The van der Waals surface area contributed by atoms with E-state index in [1.165, 1.54) is 372 Å². The molecule has 0 heterocycles. The minimum atomic E-state index is -5.13. The molecule has 6 unspecified atom stereocenters. The lowest BCUT2D eigenvalue weighted by Gasteiger charge is -2.41. The third kappa shape index (κ3) is 60.2. The zero-order chi connectivity index (χ0) is 69.0. The monoisotopic (exact) mass is 1370 g/mol. The Morgan fingerprint density at radius 3 is 0.695 bits per heavy atom. The van der Waals surface area contributed by atoms with Gasteiger partial charge in [-0.1, -0.05) is 425 Å². The van der Waals surface area contributed by atoms with Crippen molar-refractivity contribution in [2.75, 3.05) is 13.2 Å². The van der Waals surface area contributed by atoms with Crippen LogP contribution in [0.5, 0.6) is 0 Å². The summed E-state index contributed by atoms with van der Waals surface area (Å²) in [5, 5.41) is 50.7. The second-order valence-corrected chi connectivity index (χ2v) is 31.1. The van der Waals surface area contributed by atoms with E-state index in [-0.39, 0.29) is 12.8 Å². The highest BCUT2D eigenvalue weighted by Gasteiger charge is 2.51. The van der Waals surface area contributed by atoms with E-state index in [9.17, 15) is 44.6 Å². The van der Waals surface area contributed by atoms with Crippen LogP contribution in [0.1, 0.15) is 450 Å². The molecule has 0 amide bonds. The molecule has 0 aliphatic heterocycles. The van der Waals surface area contributed by atoms with Gasteiger partial charge >= 0.3 is 19.8 Å². The predicted octanol–water partition coefficient (Wildman–Crippen LogP) is 23.3. The van der Waals surface area contributed by atoms with Crippen LogP contribution >= 0.6 is 7.82 Å². The zero-order valence-electron chi connectivity index (χ0n) is 62.5. The van der Waals surface area contributed by atoms with Crippen LogP contribution in [0, 0.1) is 0 Å². The van der Waals surface area contributed by atoms with Crippen molar-refractivity contribution in [1.82, 2.24) is 0 Å². The van der Waals surface area contributed by atoms with Gasteiger partial charge in [0.15, 0.2) is 6.10 Å². The molecule has 14 heteroatoms. The summed E-state index contributed by atoms with van der Waals surface area (Å²) >= 11 is 0. The number of carbonyl (C=O) groups is 2. The second-order valence-electron chi connectivity index (χ2n) is 29.7. The maximum Gasteiger partial charge on any atom is 0.472 e. The number of aliphatic hydroxyl groups excluding tert-OH is 5. The van der Waals surface area contributed by atoms with Crippen molar-refractivity contribution < 1.29 is 63.1 Å². The number of ether oxygens (including phenoxy) is 2. The first-order chi connectivity index (χ1) is 46.4. The molecular weight excluding hydrogens is 1210 g/mol. The van der Waals surface area contributed by atoms with E-state index in [4.69, 9.17) is 18.5 Å². The van der Waals surface area contributed by atoms with Crippen LogP contribution in [0.2, 0.25) is 0 Å². The van der Waals surface area contributed by atoms with Gasteiger partial charge in [-0.2, -0.15) is 0 Å². The Hall–Kier alpha value is -1.15. The number of phosphoric ester groups is 1. The smallest absolute Gasteiger partial charge is 0.462 e. The Labute approximate surface area is 586 Å². The first-order valence-electron chi connectivity index (χ1n) is 41.8. The molecule has 0 radical (unpaired) electrons. The molecule has 0 spiro atoms. The summed E-state index contributed by atoms with van der Waals surface area (Å²) in [7, 11) is -5.13. The maximum atomic E-state index is 13.0. The SMILES string of the molecule is CCCCCCCCCCCCCCCCCCCCCCCCCCCCCCCCCCCC(=O)OC[C@H](COP(=O)(O)OC1C(O)C(O)C(O)[C@@H](O)C1O)OC(=O)CCCCCCCCCCCCCCCCCCCCCCCCCCCCCCCCCCC. The molecule has 1 saturated carbocycles. The fourth-order valence-electron chi connectivity index (χ4n) is 13.9. The average Bonchev–Trinajstić information content (AvgIpc) is 0.817. The summed E-state index contributed by atoms with van der Waals surface area (Å²) in [6.07, 6.45) is 75.1. The van der Waals surface area contributed by atoms with Gasteiger partial charge in [-0.25, -0.2) is 4.57 Å². The van der Waals surface area contributed by atoms with E-state index in [1.807, 2.05) is 0 Å². The standard InChI is InChI=1S/C81H159O13P/c1-3-5-7-9-11-13-15-17-19-21-23-25-27-29-31-33-35-37-39-41-43-45-47-49-51-53-55-57-59-61-63-65-67-69-74(82)91-71-73(72-92-95(89,90)94-81-79(87)77(85)76(84)78(86)80(81)88)93-75(83)70-68-66-64-62-60-58-56-54-52-50-48-46-44-42-40-38-36-34-32-30-28-26-24-22-20-18-16-14-12-10-8-6-4-2/h73,76-81,84-88H,3-72H2,1-2H3,(H,89,90)/t73-,76?,77-,78?,79?,80?,81?/m1/s1. The van der Waals surface area contributed by atoms with Crippen molar-refractivity contribution in [3.8, 4) is 0 Å². The van der Waals surface area contributed by atoms with Crippen LogP contribution in [0.4, 0.5) is 0 Å². The van der Waals surface area contributed by atoms with E-state index in [2.05, 4.69) is 13.8 Å². The Balaban J connectivity index is 2.12. The number of phosphoric acid groups is 1. The molecule has 1 fully saturated rings. The van der Waals surface area contributed by atoms with Gasteiger partial charge < -0.3 is 39.9 Å². The van der Waals surface area contributed by atoms with E-state index in [0.717, 1.165) is 38.5 Å². The molecule has 1 rings (SSSR count). The highest BCUT2D eigenvalue weighted by Crippen LogP contribution is 2.47. The molecular formula is C81H159O13P. The molecule has 0 bridgehead atoms. The van der Waals surface area contributed by atoms with Crippen LogP contribution in [0.15, 0.2) is 0 Å². The Morgan fingerprint density at radius 2 is 0.474 bits per heavy atom. The molecule has 1 aliphatic carbocycles. The topological polar surface area (TPSA) is 210 Å². The Bertz CT molecular complexity index is 1640. The summed E-state index contributed by atoms with van der Waals surface area (Å²) in [4.78, 5) is 36.3. The lowest BCUT2D eigenvalue weighted by Crippen LogP contribution is -2.64. The summed E-state index contributed by atoms with van der Waals surface area (Å²) in [6, 6.07) is 0. The van der Waals surface area contributed by atoms with Gasteiger partial charge in [0.25, 0.3) is 0 Å². The predicted molar refractivity (Wildman–Crippen MR) is 397 cm³/mol. The largest absolute Gasteiger partial charge is 0.472 e. The Morgan fingerprint density at radius 1 is 0.284 bits per heavy atom. The highest BCUT2D eigenvalue weighted by atomic mass is 31.2. The van der Waals surface area contributed by atoms with Gasteiger partial charge in [0.2, 0.25) is 0 Å². The fourth-order valence-corrected chi connectivity index (χ4v) is 14.9. The highest BCUT2D eigenvalue weighted by molar-refractivity contribution is 7.47. The number of carbonyl (C=O) groups excluding carboxylic acids is 2. The van der Waals surface area contributed by atoms with Gasteiger partial charge in [-0.15, -0.1) is 0 Å². The molecule has 13 nitrogen and oxygen atoms in total. The van der Waals surface area contributed by atoms with Crippen LogP contribution in [-0.2, 0) is 32.7 Å². The van der Waals surface area contributed by atoms with Gasteiger partial charge in [0.05, 0.1) is 6.61 Å². The van der Waals surface area contributed by atoms with E-state index in [0.29, 0.717) is 12.8 Å². The minimum Gasteiger partial charge on any atom is -0.462 e. The third-order valence-electron chi connectivity index (χ3n) is 20.4. The molecule has 6 N–H and O–H groups in total. The number of hydrogen-bond donors (Lipinski definition) is 6. The lowest BCUT2D eigenvalue weighted by atomic mass is 9.85. The van der Waals surface area contributed by atoms with Crippen molar-refractivity contribution in [1.29, 1.82) is 0 Å². The van der Waals surface area contributed by atoms with Gasteiger partial charge in [-0.3, -0.25) is 18.6 Å². The maximum absolute atomic E-state index is 13.0. The van der Waals surface area contributed by atoms with Crippen LogP contribution in [0.25, 0.3) is 0 Å². The summed E-state index contributed by atoms with van der Waals surface area (Å²) in [6.45, 7) is 3.44. The lowest BCUT2D eigenvalue weighted by molar-refractivity contribution is -0.220. The normalized spacial score (nSPS) is 18.4. The van der Waals surface area contributed by atoms with Crippen LogP contribution in [-0.4, -0.2) is 98.3 Å². The number of esters is 2. The molecule has 0 aromatic rings. The molecule has 0 aromatic heterocycles. The molecule has 566 valence electrons. The summed E-state index contributed by atoms with van der Waals surface area (Å²) in [5.41, 5.74) is 0. The van der Waals surface area contributed by atoms with Crippen LogP contribution in [0.3, 0.4) is 0 Å². The first-order valence-corrected chi connectivity index (χ1v) is 43.3. The van der Waals surface area contributed by atoms with Crippen molar-refractivity contribution in [2.24, 2.45) is 0 Å². The third-order valence-corrected chi connectivity index (χ3v) is 21.4. The minimum absolute atomic E-state index is 0.107. The van der Waals surface area contributed by atoms with E-state index >= 15 is 0 Å². The second kappa shape index (κ2) is 69.9. The van der Waals surface area contributed by atoms with Crippen molar-refractivity contribution in [2.45, 2.75) is 493 Å². The van der Waals surface area contributed by atoms with Gasteiger partial charge in [0, 0.05) is 12.8 Å². The summed E-state index contributed by atoms with van der Waals surface area (Å²) in [5.74, 6) is -1.06. The van der Waals surface area contributed by atoms with Crippen molar-refractivity contribution >= 4 is 19.8 Å². The molecule has 0 saturated heterocycles. The molecule has 1 aliphatic rings. The molecule has 95 heavy (non-hydrogen) atoms. The van der Waals surface area contributed by atoms with Gasteiger partial charge in [0.1, 0.15) is 43.2 Å². The van der Waals surface area contributed by atoms with Gasteiger partial charge in [-0.05, 0) is 12.8 Å². The fraction of sp³-hybridized carbons (Fsp3) is 0.975. The number of rotatable bonds is 76. The first kappa shape index (κ1) is 91.9. The number of hydrogen-bond acceptors (Lipinski definition) is 12. The van der Waals surface area contributed by atoms with Crippen molar-refractivity contribution in [3.63, 3.8) is 0 Å². The average molecular weight is 1370 g/mol. The van der Waals surface area contributed by atoms with E-state index < -0.39 is 75.7 Å². The number of aliphatic hydroxyl groups is 5. The summed E-state index contributed by atoms with van der Waals surface area (Å²) < 4.78 is 34.1. The quantitative estimate of drug-likeness (QED) is 0.0190. The zero-order valence-corrected chi connectivity index (χ0v) is 63.4. The van der Waals surface area contributed by atoms with Crippen molar-refractivity contribution in [3.05, 3.63) is 0 Å². The van der Waals surface area contributed by atoms with E-state index in [1.54, 1.807) is 0 Å². The number of unbranched alkanes of at least 4 members (excludes halogenated alkanes) is 64. The Kier molecular flexibility index (Phi) is 67.6.